The average molecular weight is 455 g/mol. The molecule has 1 saturated heterocycles. The summed E-state index contributed by atoms with van der Waals surface area (Å²) in [5.74, 6) is 8.12. The number of hydrogen-bond donors (Lipinski definition) is 1. The van der Waals surface area contributed by atoms with Gasteiger partial charge in [-0.25, -0.2) is 4.99 Å². The molecule has 1 aromatic carbocycles. The molecule has 0 unspecified atom stereocenters. The zero-order valence-corrected chi connectivity index (χ0v) is 15.4. The zero-order chi connectivity index (χ0) is 16.0. The smallest absolute Gasteiger partial charge is 0.370 e. The van der Waals surface area contributed by atoms with Gasteiger partial charge in [-0.05, 0) is 24.3 Å². The molecule has 1 aromatic rings. The summed E-state index contributed by atoms with van der Waals surface area (Å²) in [5.41, 5.74) is 5.72. The fourth-order valence-corrected chi connectivity index (χ4v) is 2.80. The average Bonchev–Trinajstić information content (AvgIpc) is 2.52. The minimum atomic E-state index is -4.32. The fourth-order valence-electron chi connectivity index (χ4n) is 1.90. The van der Waals surface area contributed by atoms with E-state index in [1.165, 1.54) is 12.1 Å². The van der Waals surface area contributed by atoms with Crippen LogP contribution in [0.4, 0.5) is 13.2 Å². The Morgan fingerprint density at radius 2 is 1.83 bits per heavy atom. The van der Waals surface area contributed by atoms with E-state index in [0.717, 1.165) is 36.7 Å². The van der Waals surface area contributed by atoms with Gasteiger partial charge in [-0.3, -0.25) is 0 Å². The third-order valence-corrected chi connectivity index (χ3v) is 4.04. The largest absolute Gasteiger partial charge is 0.416 e. The van der Waals surface area contributed by atoms with Crippen molar-refractivity contribution in [3.8, 4) is 11.8 Å². The van der Waals surface area contributed by atoms with Gasteiger partial charge in [0.25, 0.3) is 0 Å². The lowest BCUT2D eigenvalue weighted by molar-refractivity contribution is -0.137. The maximum atomic E-state index is 12.4. The highest BCUT2D eigenvalue weighted by Crippen LogP contribution is 2.28. The first-order chi connectivity index (χ1) is 10.5. The molecular weight excluding hydrogens is 438 g/mol. The van der Waals surface area contributed by atoms with Crippen molar-refractivity contribution in [1.82, 2.24) is 4.90 Å². The molecule has 3 nitrogen and oxygen atoms in total. The van der Waals surface area contributed by atoms with Crippen LogP contribution in [0.25, 0.3) is 0 Å². The van der Waals surface area contributed by atoms with Gasteiger partial charge in [-0.15, -0.1) is 24.0 Å². The second-order valence-corrected chi connectivity index (χ2v) is 5.88. The van der Waals surface area contributed by atoms with E-state index in [1.54, 1.807) is 0 Å². The van der Waals surface area contributed by atoms with Crippen molar-refractivity contribution in [3.05, 3.63) is 35.4 Å². The summed E-state index contributed by atoms with van der Waals surface area (Å²) in [6, 6.07) is 4.75. The first kappa shape index (κ1) is 20.0. The molecule has 1 fully saturated rings. The number of hydrogen-bond acceptors (Lipinski definition) is 2. The van der Waals surface area contributed by atoms with E-state index < -0.39 is 11.7 Å². The normalized spacial score (nSPS) is 15.4. The molecule has 1 aliphatic rings. The van der Waals surface area contributed by atoms with Gasteiger partial charge in [0.05, 0.1) is 5.56 Å². The molecule has 126 valence electrons. The van der Waals surface area contributed by atoms with E-state index in [4.69, 9.17) is 5.73 Å². The summed E-state index contributed by atoms with van der Waals surface area (Å²) in [6.45, 7) is 2.00. The van der Waals surface area contributed by atoms with Gasteiger partial charge in [0.15, 0.2) is 5.96 Å². The van der Waals surface area contributed by atoms with Gasteiger partial charge in [-0.2, -0.15) is 24.9 Å². The topological polar surface area (TPSA) is 41.6 Å². The minimum Gasteiger partial charge on any atom is -0.370 e. The molecule has 0 radical (unpaired) electrons. The van der Waals surface area contributed by atoms with Crippen molar-refractivity contribution >= 4 is 41.7 Å². The quantitative estimate of drug-likeness (QED) is 0.307. The van der Waals surface area contributed by atoms with Gasteiger partial charge in [0, 0.05) is 30.2 Å². The molecule has 1 aliphatic heterocycles. The molecular formula is C15H17F3IN3S. The third-order valence-electron chi connectivity index (χ3n) is 3.10. The van der Waals surface area contributed by atoms with Crippen LogP contribution in [0.3, 0.4) is 0 Å². The van der Waals surface area contributed by atoms with Crippen molar-refractivity contribution in [2.45, 2.75) is 6.18 Å². The van der Waals surface area contributed by atoms with Crippen molar-refractivity contribution < 1.29 is 13.2 Å². The maximum Gasteiger partial charge on any atom is 0.416 e. The SMILES string of the molecule is I.NC(=NCC#Cc1ccc(C(F)(F)F)cc1)N1CCSCC1. The minimum absolute atomic E-state index is 0. The molecule has 2 rings (SSSR count). The fraction of sp³-hybridized carbons (Fsp3) is 0.400. The maximum absolute atomic E-state index is 12.4. The van der Waals surface area contributed by atoms with E-state index >= 15 is 0 Å². The van der Waals surface area contributed by atoms with Crippen LogP contribution in [-0.2, 0) is 6.18 Å². The summed E-state index contributed by atoms with van der Waals surface area (Å²) in [6.07, 6.45) is -4.32. The molecule has 23 heavy (non-hydrogen) atoms. The molecule has 8 heteroatoms. The van der Waals surface area contributed by atoms with Crippen LogP contribution in [0, 0.1) is 11.8 Å². The Bertz CT molecular complexity index is 585. The number of benzene rings is 1. The number of guanidine groups is 1. The highest BCUT2D eigenvalue weighted by atomic mass is 127. The van der Waals surface area contributed by atoms with Crippen LogP contribution in [0.15, 0.2) is 29.3 Å². The van der Waals surface area contributed by atoms with Crippen molar-refractivity contribution in [2.24, 2.45) is 10.7 Å². The molecule has 0 aromatic heterocycles. The van der Waals surface area contributed by atoms with Crippen molar-refractivity contribution in [3.63, 3.8) is 0 Å². The number of aliphatic imine (C=N–C) groups is 1. The van der Waals surface area contributed by atoms with Crippen molar-refractivity contribution in [2.75, 3.05) is 31.1 Å². The van der Waals surface area contributed by atoms with Gasteiger partial charge in [-0.1, -0.05) is 11.8 Å². The number of thioether (sulfide) groups is 1. The number of nitrogens with zero attached hydrogens (tertiary/aromatic N) is 2. The Hall–Kier alpha value is -1.08. The Balaban J connectivity index is 0.00000264. The van der Waals surface area contributed by atoms with Crippen LogP contribution in [-0.4, -0.2) is 42.0 Å². The predicted molar refractivity (Wildman–Crippen MR) is 99.1 cm³/mol. The summed E-state index contributed by atoms with van der Waals surface area (Å²) >= 11 is 1.88. The lowest BCUT2D eigenvalue weighted by Gasteiger charge is -2.26. The van der Waals surface area contributed by atoms with Gasteiger partial charge in [0.1, 0.15) is 6.54 Å². The van der Waals surface area contributed by atoms with E-state index in [-0.39, 0.29) is 30.5 Å². The summed E-state index contributed by atoms with van der Waals surface area (Å²) in [4.78, 5) is 6.19. The number of halogens is 4. The second-order valence-electron chi connectivity index (χ2n) is 4.65. The number of rotatable bonds is 1. The van der Waals surface area contributed by atoms with Gasteiger partial charge >= 0.3 is 6.18 Å². The Morgan fingerprint density at radius 3 is 2.39 bits per heavy atom. The zero-order valence-electron chi connectivity index (χ0n) is 12.3. The lowest BCUT2D eigenvalue weighted by atomic mass is 10.1. The lowest BCUT2D eigenvalue weighted by Crippen LogP contribution is -2.42. The second kappa shape index (κ2) is 9.27. The first-order valence-electron chi connectivity index (χ1n) is 6.75. The van der Waals surface area contributed by atoms with E-state index in [1.807, 2.05) is 16.7 Å². The van der Waals surface area contributed by atoms with E-state index in [2.05, 4.69) is 16.8 Å². The predicted octanol–water partition coefficient (Wildman–Crippen LogP) is 3.04. The van der Waals surface area contributed by atoms with E-state index in [9.17, 15) is 13.2 Å². The molecule has 0 aliphatic carbocycles. The number of nitrogens with two attached hydrogens (primary N) is 1. The molecule has 2 N–H and O–H groups in total. The van der Waals surface area contributed by atoms with Crippen LogP contribution in [0.5, 0.6) is 0 Å². The summed E-state index contributed by atoms with van der Waals surface area (Å²) in [5, 5.41) is 0. The van der Waals surface area contributed by atoms with Crippen LogP contribution in [0.1, 0.15) is 11.1 Å². The van der Waals surface area contributed by atoms with Crippen LogP contribution in [0.2, 0.25) is 0 Å². The summed E-state index contributed by atoms with van der Waals surface area (Å²) in [7, 11) is 0. The molecule has 1 heterocycles. The Morgan fingerprint density at radius 1 is 1.22 bits per heavy atom. The monoisotopic (exact) mass is 455 g/mol. The molecule has 0 amide bonds. The van der Waals surface area contributed by atoms with Crippen LogP contribution < -0.4 is 5.73 Å². The highest BCUT2D eigenvalue weighted by molar-refractivity contribution is 14.0. The Kier molecular flexibility index (Phi) is 8.05. The Labute approximate surface area is 154 Å². The number of alkyl halides is 3. The highest BCUT2D eigenvalue weighted by Gasteiger charge is 2.29. The molecule has 0 atom stereocenters. The third kappa shape index (κ3) is 6.51. The van der Waals surface area contributed by atoms with Gasteiger partial charge in [0.2, 0.25) is 0 Å². The molecule has 0 bridgehead atoms. The van der Waals surface area contributed by atoms with Crippen molar-refractivity contribution in [1.29, 1.82) is 0 Å². The standard InChI is InChI=1S/C15H16F3N3S.HI/c16-15(17,18)13-5-3-12(4-6-13)2-1-7-20-14(19)21-8-10-22-11-9-21;/h3-6H,7-11H2,(H2,19,20);1H. The summed E-state index contributed by atoms with van der Waals surface area (Å²) < 4.78 is 37.3. The van der Waals surface area contributed by atoms with Crippen LogP contribution >= 0.6 is 35.7 Å². The van der Waals surface area contributed by atoms with Gasteiger partial charge < -0.3 is 10.6 Å². The van der Waals surface area contributed by atoms with E-state index in [0.29, 0.717) is 11.5 Å². The molecule has 0 spiro atoms. The first-order valence-corrected chi connectivity index (χ1v) is 7.91. The molecule has 0 saturated carbocycles.